The first kappa shape index (κ1) is 20.0. The predicted octanol–water partition coefficient (Wildman–Crippen LogP) is 5.42. The van der Waals surface area contributed by atoms with E-state index in [9.17, 15) is 14.9 Å². The number of carbonyl (C=O) groups excluding carboxylic acids is 1. The van der Waals surface area contributed by atoms with Crippen LogP contribution in [-0.4, -0.2) is 15.7 Å². The maximum Gasteiger partial charge on any atom is 0.293 e. The van der Waals surface area contributed by atoms with Gasteiger partial charge in [-0.25, -0.2) is 0 Å². The van der Waals surface area contributed by atoms with Crippen LogP contribution in [0.5, 0.6) is 0 Å². The van der Waals surface area contributed by atoms with Crippen LogP contribution in [0.25, 0.3) is 0 Å². The van der Waals surface area contributed by atoms with Gasteiger partial charge in [-0.05, 0) is 35.4 Å². The van der Waals surface area contributed by atoms with Gasteiger partial charge in [0.2, 0.25) is 0 Å². The third-order valence-corrected chi connectivity index (χ3v) is 4.96. The van der Waals surface area contributed by atoms with Crippen molar-refractivity contribution in [1.82, 2.24) is 4.98 Å². The monoisotopic (exact) mass is 409 g/mol. The van der Waals surface area contributed by atoms with E-state index in [1.54, 1.807) is 48.8 Å². The van der Waals surface area contributed by atoms with Gasteiger partial charge in [0.1, 0.15) is 5.69 Å². The van der Waals surface area contributed by atoms with Crippen molar-refractivity contribution in [3.63, 3.8) is 0 Å². The summed E-state index contributed by atoms with van der Waals surface area (Å²) in [6, 6.07) is 26.3. The molecule has 0 fully saturated rings. The number of nitro groups is 1. The molecule has 152 valence electrons. The van der Waals surface area contributed by atoms with Crippen molar-refractivity contribution in [2.45, 2.75) is 6.04 Å². The van der Waals surface area contributed by atoms with Crippen LogP contribution in [-0.2, 0) is 0 Å². The topological polar surface area (TPSA) is 85.1 Å². The van der Waals surface area contributed by atoms with Gasteiger partial charge in [0, 0.05) is 29.6 Å². The minimum Gasteiger partial charge on any atom is -0.369 e. The molecule has 0 aliphatic heterocycles. The molecule has 0 radical (unpaired) electrons. The van der Waals surface area contributed by atoms with Crippen LogP contribution in [0.3, 0.4) is 0 Å². The fraction of sp³-hybridized carbons (Fsp3) is 0.0400. The Kier molecular flexibility index (Phi) is 5.80. The molecule has 1 N–H and O–H groups in total. The Morgan fingerprint density at radius 1 is 0.806 bits per heavy atom. The lowest BCUT2D eigenvalue weighted by Gasteiger charge is -2.21. The highest BCUT2D eigenvalue weighted by molar-refractivity contribution is 6.09. The predicted molar refractivity (Wildman–Crippen MR) is 119 cm³/mol. The Morgan fingerprint density at radius 2 is 1.42 bits per heavy atom. The molecule has 0 saturated heterocycles. The number of anilines is 1. The maximum absolute atomic E-state index is 12.7. The molecule has 4 rings (SSSR count). The Balaban J connectivity index is 1.72. The first-order chi connectivity index (χ1) is 15.1. The Morgan fingerprint density at radius 3 is 2.06 bits per heavy atom. The van der Waals surface area contributed by atoms with Gasteiger partial charge in [-0.15, -0.1) is 0 Å². The highest BCUT2D eigenvalue weighted by atomic mass is 16.6. The number of nitrogens with one attached hydrogen (secondary N) is 1. The normalized spacial score (nSPS) is 11.5. The fourth-order valence-corrected chi connectivity index (χ4v) is 3.42. The average molecular weight is 409 g/mol. The summed E-state index contributed by atoms with van der Waals surface area (Å²) < 4.78 is 0. The SMILES string of the molecule is O=C(c1ccccc1)c1ccc(N[C@@H](c2ccccc2)c2ccncc2)c([N+](=O)[O-])c1. The third kappa shape index (κ3) is 4.48. The van der Waals surface area contributed by atoms with Crippen LogP contribution in [0.1, 0.15) is 33.1 Å². The molecule has 0 unspecified atom stereocenters. The molecule has 0 aliphatic carbocycles. The van der Waals surface area contributed by atoms with Crippen molar-refractivity contribution >= 4 is 17.2 Å². The van der Waals surface area contributed by atoms with Gasteiger partial charge < -0.3 is 5.32 Å². The van der Waals surface area contributed by atoms with E-state index in [0.29, 0.717) is 11.3 Å². The van der Waals surface area contributed by atoms with Gasteiger partial charge in [-0.1, -0.05) is 60.7 Å². The number of carbonyl (C=O) groups is 1. The van der Waals surface area contributed by atoms with Crippen molar-refractivity contribution < 1.29 is 9.72 Å². The van der Waals surface area contributed by atoms with Gasteiger partial charge in [-0.2, -0.15) is 0 Å². The Bertz CT molecular complexity index is 1160. The minimum atomic E-state index is -0.474. The first-order valence-corrected chi connectivity index (χ1v) is 9.73. The Labute approximate surface area is 179 Å². The quantitative estimate of drug-likeness (QED) is 0.250. The van der Waals surface area contributed by atoms with E-state index < -0.39 is 4.92 Å². The smallest absolute Gasteiger partial charge is 0.293 e. The lowest BCUT2D eigenvalue weighted by Crippen LogP contribution is -2.14. The lowest BCUT2D eigenvalue weighted by molar-refractivity contribution is -0.384. The van der Waals surface area contributed by atoms with Crippen molar-refractivity contribution in [2.24, 2.45) is 0 Å². The molecule has 4 aromatic rings. The molecule has 0 amide bonds. The molecule has 31 heavy (non-hydrogen) atoms. The number of pyridine rings is 1. The second-order valence-corrected chi connectivity index (χ2v) is 6.95. The summed E-state index contributed by atoms with van der Waals surface area (Å²) >= 11 is 0. The molecule has 6 heteroatoms. The van der Waals surface area contributed by atoms with Gasteiger partial charge in [0.15, 0.2) is 5.78 Å². The van der Waals surface area contributed by atoms with Crippen molar-refractivity contribution in [2.75, 3.05) is 5.32 Å². The number of aromatic nitrogens is 1. The summed E-state index contributed by atoms with van der Waals surface area (Å²) in [5.74, 6) is -0.260. The molecular weight excluding hydrogens is 390 g/mol. The Hall–Kier alpha value is -4.32. The number of ketones is 1. The lowest BCUT2D eigenvalue weighted by atomic mass is 9.98. The number of nitrogens with zero attached hydrogens (tertiary/aromatic N) is 2. The molecule has 6 nitrogen and oxygen atoms in total. The van der Waals surface area contributed by atoms with Crippen LogP contribution in [0, 0.1) is 10.1 Å². The molecule has 0 bridgehead atoms. The van der Waals surface area contributed by atoms with Gasteiger partial charge in [-0.3, -0.25) is 19.9 Å². The van der Waals surface area contributed by atoms with Crippen LogP contribution < -0.4 is 5.32 Å². The summed E-state index contributed by atoms with van der Waals surface area (Å²) in [6.07, 6.45) is 3.37. The number of benzene rings is 3. The highest BCUT2D eigenvalue weighted by Gasteiger charge is 2.22. The van der Waals surface area contributed by atoms with E-state index in [2.05, 4.69) is 10.3 Å². The molecule has 1 atom stereocenters. The second-order valence-electron chi connectivity index (χ2n) is 6.95. The highest BCUT2D eigenvalue weighted by Crippen LogP contribution is 2.33. The van der Waals surface area contributed by atoms with Crippen molar-refractivity contribution in [3.8, 4) is 0 Å². The van der Waals surface area contributed by atoms with E-state index in [4.69, 9.17) is 0 Å². The second kappa shape index (κ2) is 9.00. The zero-order valence-electron chi connectivity index (χ0n) is 16.5. The largest absolute Gasteiger partial charge is 0.369 e. The number of rotatable bonds is 7. The van der Waals surface area contributed by atoms with Gasteiger partial charge >= 0.3 is 0 Å². The average Bonchev–Trinajstić information content (AvgIpc) is 2.83. The molecule has 3 aromatic carbocycles. The molecule has 1 aromatic heterocycles. The van der Waals surface area contributed by atoms with E-state index in [1.807, 2.05) is 48.5 Å². The summed E-state index contributed by atoms with van der Waals surface area (Å²) in [5.41, 5.74) is 2.80. The zero-order chi connectivity index (χ0) is 21.6. The van der Waals surface area contributed by atoms with E-state index in [0.717, 1.165) is 11.1 Å². The van der Waals surface area contributed by atoms with Crippen molar-refractivity contribution in [3.05, 3.63) is 136 Å². The third-order valence-electron chi connectivity index (χ3n) is 4.96. The van der Waals surface area contributed by atoms with Gasteiger partial charge in [0.25, 0.3) is 5.69 Å². The zero-order valence-corrected chi connectivity index (χ0v) is 16.5. The number of hydrogen-bond acceptors (Lipinski definition) is 5. The van der Waals surface area contributed by atoms with E-state index in [1.165, 1.54) is 6.07 Å². The molecule has 0 spiro atoms. The molecular formula is C25H19N3O3. The first-order valence-electron chi connectivity index (χ1n) is 9.73. The fourth-order valence-electron chi connectivity index (χ4n) is 3.42. The molecule has 1 heterocycles. The summed E-state index contributed by atoms with van der Waals surface area (Å²) in [5, 5.41) is 15.1. The summed E-state index contributed by atoms with van der Waals surface area (Å²) in [4.78, 5) is 28.2. The molecule has 0 saturated carbocycles. The van der Waals surface area contributed by atoms with Crippen molar-refractivity contribution in [1.29, 1.82) is 0 Å². The van der Waals surface area contributed by atoms with E-state index >= 15 is 0 Å². The standard InChI is InChI=1S/C25H19N3O3/c29-25(20-9-5-2-6-10-20)21-11-12-22(23(17-21)28(30)31)27-24(18-7-3-1-4-8-18)19-13-15-26-16-14-19/h1-17,24,27H/t24-/m0/s1. The van der Waals surface area contributed by atoms with Gasteiger partial charge in [0.05, 0.1) is 11.0 Å². The summed E-state index contributed by atoms with van der Waals surface area (Å²) in [7, 11) is 0. The van der Waals surface area contributed by atoms with Crippen LogP contribution in [0.2, 0.25) is 0 Å². The van der Waals surface area contributed by atoms with Crippen LogP contribution in [0.15, 0.2) is 103 Å². The number of hydrogen-bond donors (Lipinski definition) is 1. The maximum atomic E-state index is 12.7. The number of nitro benzene ring substituents is 1. The van der Waals surface area contributed by atoms with Crippen LogP contribution >= 0.6 is 0 Å². The van der Waals surface area contributed by atoms with Crippen LogP contribution in [0.4, 0.5) is 11.4 Å². The summed E-state index contributed by atoms with van der Waals surface area (Å²) in [6.45, 7) is 0. The minimum absolute atomic E-state index is 0.156. The molecule has 0 aliphatic rings. The van der Waals surface area contributed by atoms with E-state index in [-0.39, 0.29) is 23.1 Å².